The summed E-state index contributed by atoms with van der Waals surface area (Å²) in [7, 11) is 2.27. The van der Waals surface area contributed by atoms with Gasteiger partial charge < -0.3 is 0 Å². The van der Waals surface area contributed by atoms with E-state index in [0.29, 0.717) is 6.04 Å². The highest BCUT2D eigenvalue weighted by atomic mass is 15.2. The summed E-state index contributed by atoms with van der Waals surface area (Å²) in [6, 6.07) is 10.5. The monoisotopic (exact) mass is 292 g/mol. The molecule has 1 fully saturated rings. The van der Waals surface area contributed by atoms with Crippen molar-refractivity contribution in [2.45, 2.75) is 52.1 Å². The molecule has 0 saturated carbocycles. The van der Waals surface area contributed by atoms with Gasteiger partial charge in [-0.2, -0.15) is 0 Å². The second kappa shape index (κ2) is 4.92. The van der Waals surface area contributed by atoms with E-state index in [0.717, 1.165) is 23.7 Å². The Morgan fingerprint density at radius 3 is 2.73 bits per heavy atom. The van der Waals surface area contributed by atoms with Gasteiger partial charge in [0.25, 0.3) is 0 Å². The van der Waals surface area contributed by atoms with E-state index in [1.54, 1.807) is 11.1 Å². The number of aryl methyl sites for hydroxylation is 2. The van der Waals surface area contributed by atoms with E-state index in [2.05, 4.69) is 57.0 Å². The first-order chi connectivity index (χ1) is 10.6. The Morgan fingerprint density at radius 2 is 2.05 bits per heavy atom. The Balaban J connectivity index is 1.85. The highest BCUT2D eigenvalue weighted by molar-refractivity contribution is 5.87. The van der Waals surface area contributed by atoms with E-state index in [1.807, 2.05) is 0 Å². The lowest BCUT2D eigenvalue weighted by atomic mass is 9.74. The van der Waals surface area contributed by atoms with Crippen LogP contribution in [0.25, 0.3) is 16.5 Å². The summed E-state index contributed by atoms with van der Waals surface area (Å²) in [5.74, 6) is 0. The highest BCUT2D eigenvalue weighted by Gasteiger charge is 2.41. The summed E-state index contributed by atoms with van der Waals surface area (Å²) >= 11 is 0. The third kappa shape index (κ3) is 1.94. The lowest BCUT2D eigenvalue weighted by molar-refractivity contribution is 0.0612. The second-order valence-corrected chi connectivity index (χ2v) is 6.94. The van der Waals surface area contributed by atoms with Crippen LogP contribution in [0.2, 0.25) is 0 Å². The standard InChI is InChI=1S/C20H24N2/c1-5-14-8-12(2)21-19-7-6-15(9-18(14)19)17-10-16-11-20(13(17)3)22(16)4/h6-9,16,20H,5,10-11H2,1-4H3. The molecule has 2 atom stereocenters. The van der Waals surface area contributed by atoms with Crippen LogP contribution < -0.4 is 0 Å². The fourth-order valence-electron chi connectivity index (χ4n) is 4.28. The maximum Gasteiger partial charge on any atom is 0.0708 e. The zero-order valence-corrected chi connectivity index (χ0v) is 14.0. The SMILES string of the molecule is CCc1cc(C)nc2ccc(C3=C(C)C4CC(C3)N4C)cc12. The molecule has 0 amide bonds. The fraction of sp³-hybridized carbons (Fsp3) is 0.450. The second-order valence-electron chi connectivity index (χ2n) is 6.94. The molecule has 3 aliphatic rings. The quantitative estimate of drug-likeness (QED) is 0.818. The van der Waals surface area contributed by atoms with Crippen molar-refractivity contribution >= 4 is 16.5 Å². The van der Waals surface area contributed by atoms with Crippen LogP contribution in [0.15, 0.2) is 29.8 Å². The van der Waals surface area contributed by atoms with Gasteiger partial charge in [0.15, 0.2) is 0 Å². The van der Waals surface area contributed by atoms with Gasteiger partial charge >= 0.3 is 0 Å². The smallest absolute Gasteiger partial charge is 0.0708 e. The van der Waals surface area contributed by atoms with Gasteiger partial charge in [-0.3, -0.25) is 9.88 Å². The normalized spacial score (nSPS) is 24.7. The van der Waals surface area contributed by atoms with Gasteiger partial charge in [0, 0.05) is 23.2 Å². The summed E-state index contributed by atoms with van der Waals surface area (Å²) in [5, 5.41) is 1.33. The number of pyridine rings is 1. The van der Waals surface area contributed by atoms with E-state index >= 15 is 0 Å². The third-order valence-electron chi connectivity index (χ3n) is 5.73. The van der Waals surface area contributed by atoms with E-state index in [-0.39, 0.29) is 0 Å². The first-order valence-corrected chi connectivity index (χ1v) is 8.40. The highest BCUT2D eigenvalue weighted by Crippen LogP contribution is 2.44. The zero-order valence-electron chi connectivity index (χ0n) is 14.0. The summed E-state index contributed by atoms with van der Waals surface area (Å²) < 4.78 is 0. The predicted octanol–water partition coefficient (Wildman–Crippen LogP) is 4.36. The molecule has 2 heteroatoms. The Kier molecular flexibility index (Phi) is 3.12. The minimum absolute atomic E-state index is 0.672. The lowest BCUT2D eigenvalue weighted by Gasteiger charge is -2.52. The summed E-state index contributed by atoms with van der Waals surface area (Å²) in [6.45, 7) is 6.64. The number of hydrogen-bond donors (Lipinski definition) is 0. The molecule has 2 unspecified atom stereocenters. The molecule has 0 spiro atoms. The number of likely N-dealkylation sites (N-methyl/N-ethyl adjacent to an activating group) is 1. The molecule has 1 aromatic heterocycles. The van der Waals surface area contributed by atoms with Gasteiger partial charge in [-0.25, -0.2) is 0 Å². The lowest BCUT2D eigenvalue weighted by Crippen LogP contribution is -2.56. The van der Waals surface area contributed by atoms with Crippen molar-refractivity contribution < 1.29 is 0 Å². The van der Waals surface area contributed by atoms with E-state index in [4.69, 9.17) is 4.98 Å². The molecule has 1 aromatic carbocycles. The average molecular weight is 292 g/mol. The fourth-order valence-corrected chi connectivity index (χ4v) is 4.28. The molecule has 2 aliphatic heterocycles. The van der Waals surface area contributed by atoms with Crippen LogP contribution in [0.3, 0.4) is 0 Å². The molecule has 1 aliphatic carbocycles. The number of nitrogens with zero attached hydrogens (tertiary/aromatic N) is 2. The van der Waals surface area contributed by atoms with Crippen molar-refractivity contribution in [1.29, 1.82) is 0 Å². The molecule has 0 N–H and O–H groups in total. The van der Waals surface area contributed by atoms with Gasteiger partial charge in [0.2, 0.25) is 0 Å². The Hall–Kier alpha value is -1.67. The van der Waals surface area contributed by atoms with Crippen LogP contribution >= 0.6 is 0 Å². The van der Waals surface area contributed by atoms with Crippen molar-refractivity contribution in [3.63, 3.8) is 0 Å². The Morgan fingerprint density at radius 1 is 1.23 bits per heavy atom. The topological polar surface area (TPSA) is 16.1 Å². The Labute approximate surface area is 132 Å². The molecule has 1 saturated heterocycles. The van der Waals surface area contributed by atoms with Crippen LogP contribution in [0.1, 0.15) is 43.5 Å². The first-order valence-electron chi connectivity index (χ1n) is 8.40. The van der Waals surface area contributed by atoms with E-state index in [1.165, 1.54) is 29.4 Å². The minimum Gasteiger partial charge on any atom is -0.296 e. The molecule has 22 heavy (non-hydrogen) atoms. The average Bonchev–Trinajstić information content (AvgIpc) is 2.52. The van der Waals surface area contributed by atoms with Gasteiger partial charge in [0.05, 0.1) is 5.52 Å². The number of hydrogen-bond acceptors (Lipinski definition) is 2. The molecule has 5 rings (SSSR count). The van der Waals surface area contributed by atoms with Crippen LogP contribution in [-0.2, 0) is 6.42 Å². The van der Waals surface area contributed by atoms with E-state index < -0.39 is 0 Å². The first kappa shape index (κ1) is 14.0. The zero-order chi connectivity index (χ0) is 15.4. The largest absolute Gasteiger partial charge is 0.296 e. The van der Waals surface area contributed by atoms with Crippen LogP contribution in [-0.4, -0.2) is 29.0 Å². The molecule has 2 bridgehead atoms. The van der Waals surface area contributed by atoms with Gasteiger partial charge in [-0.15, -0.1) is 0 Å². The summed E-state index contributed by atoms with van der Waals surface area (Å²) in [5.41, 5.74) is 8.23. The molecular formula is C20H24N2. The number of aromatic nitrogens is 1. The van der Waals surface area contributed by atoms with E-state index in [9.17, 15) is 0 Å². The minimum atomic E-state index is 0.672. The summed E-state index contributed by atoms with van der Waals surface area (Å²) in [4.78, 5) is 7.23. The predicted molar refractivity (Wildman–Crippen MR) is 93.0 cm³/mol. The van der Waals surface area contributed by atoms with Crippen LogP contribution in [0.4, 0.5) is 0 Å². The number of fused-ring (bicyclic) bond motifs is 2. The molecule has 114 valence electrons. The van der Waals surface area contributed by atoms with Gasteiger partial charge in [-0.05, 0) is 75.1 Å². The third-order valence-corrected chi connectivity index (χ3v) is 5.73. The summed E-state index contributed by atoms with van der Waals surface area (Å²) in [6.07, 6.45) is 3.61. The molecule has 2 aromatic rings. The van der Waals surface area contributed by atoms with Gasteiger partial charge in [0.1, 0.15) is 0 Å². The maximum atomic E-state index is 4.70. The molecule has 3 heterocycles. The molecule has 0 radical (unpaired) electrons. The van der Waals surface area contributed by atoms with Crippen molar-refractivity contribution in [2.75, 3.05) is 7.05 Å². The van der Waals surface area contributed by atoms with Crippen molar-refractivity contribution in [3.8, 4) is 0 Å². The molecule has 2 nitrogen and oxygen atoms in total. The molecular weight excluding hydrogens is 268 g/mol. The number of benzene rings is 1. The van der Waals surface area contributed by atoms with Crippen molar-refractivity contribution in [1.82, 2.24) is 9.88 Å². The van der Waals surface area contributed by atoms with Crippen LogP contribution in [0.5, 0.6) is 0 Å². The number of rotatable bonds is 2. The van der Waals surface area contributed by atoms with Crippen LogP contribution in [0, 0.1) is 6.92 Å². The maximum absolute atomic E-state index is 4.70. The van der Waals surface area contributed by atoms with Gasteiger partial charge in [-0.1, -0.05) is 18.6 Å². The van der Waals surface area contributed by atoms with Crippen molar-refractivity contribution in [3.05, 3.63) is 46.7 Å². The Bertz CT molecular complexity index is 788. The van der Waals surface area contributed by atoms with Crippen molar-refractivity contribution in [2.24, 2.45) is 0 Å².